The Morgan fingerprint density at radius 2 is 2.29 bits per heavy atom. The Hall–Kier alpha value is -1.88. The van der Waals surface area contributed by atoms with Crippen molar-refractivity contribution in [3.63, 3.8) is 0 Å². The van der Waals surface area contributed by atoms with Crippen LogP contribution in [0.3, 0.4) is 0 Å². The van der Waals surface area contributed by atoms with Crippen molar-refractivity contribution in [1.82, 2.24) is 4.98 Å². The summed E-state index contributed by atoms with van der Waals surface area (Å²) in [7, 11) is 0. The lowest BCUT2D eigenvalue weighted by molar-refractivity contribution is 0.102. The van der Waals surface area contributed by atoms with Gasteiger partial charge >= 0.3 is 0 Å². The highest BCUT2D eigenvalue weighted by Crippen LogP contribution is 2.25. The SMILES string of the molecule is O=C(Nc1ncc(C#CCCO)s1)c1ccc(Br)c(O)c1. The number of phenols is 1. The Morgan fingerprint density at radius 1 is 1.48 bits per heavy atom. The van der Waals surface area contributed by atoms with E-state index in [4.69, 9.17) is 5.11 Å². The largest absolute Gasteiger partial charge is 0.507 e. The zero-order valence-electron chi connectivity index (χ0n) is 10.8. The summed E-state index contributed by atoms with van der Waals surface area (Å²) in [5.74, 6) is 5.27. The van der Waals surface area contributed by atoms with Gasteiger partial charge in [0.05, 0.1) is 22.2 Å². The van der Waals surface area contributed by atoms with Crippen molar-refractivity contribution in [1.29, 1.82) is 0 Å². The minimum absolute atomic E-state index is 0.00246. The van der Waals surface area contributed by atoms with Gasteiger partial charge in [0.25, 0.3) is 5.91 Å². The second-order valence-electron chi connectivity index (χ2n) is 3.93. The zero-order chi connectivity index (χ0) is 15.2. The van der Waals surface area contributed by atoms with Crippen molar-refractivity contribution in [2.75, 3.05) is 11.9 Å². The number of thiazole rings is 1. The third-order valence-electron chi connectivity index (χ3n) is 2.38. The minimum atomic E-state index is -0.359. The summed E-state index contributed by atoms with van der Waals surface area (Å²) in [5.41, 5.74) is 0.332. The van der Waals surface area contributed by atoms with Gasteiger partial charge in [-0.25, -0.2) is 4.98 Å². The highest BCUT2D eigenvalue weighted by molar-refractivity contribution is 9.10. The Morgan fingerprint density at radius 3 is 3.00 bits per heavy atom. The topological polar surface area (TPSA) is 82.5 Å². The molecule has 1 amide bonds. The first-order valence-corrected chi connectivity index (χ1v) is 7.56. The number of hydrogen-bond donors (Lipinski definition) is 3. The van der Waals surface area contributed by atoms with Crippen molar-refractivity contribution in [3.8, 4) is 17.6 Å². The smallest absolute Gasteiger partial charge is 0.257 e. The molecule has 3 N–H and O–H groups in total. The van der Waals surface area contributed by atoms with E-state index in [1.54, 1.807) is 18.3 Å². The molecule has 2 aromatic rings. The molecule has 0 aliphatic heterocycles. The molecule has 5 nitrogen and oxygen atoms in total. The first kappa shape index (κ1) is 15.5. The molecule has 1 aromatic carbocycles. The summed E-state index contributed by atoms with van der Waals surface area (Å²) in [5, 5.41) is 21.3. The van der Waals surface area contributed by atoms with Crippen molar-refractivity contribution < 1.29 is 15.0 Å². The summed E-state index contributed by atoms with van der Waals surface area (Å²) < 4.78 is 0.523. The number of carbonyl (C=O) groups excluding carboxylic acids is 1. The Labute approximate surface area is 133 Å². The molecule has 108 valence electrons. The fraction of sp³-hybridized carbons (Fsp3) is 0.143. The molecule has 0 aliphatic rings. The normalized spacial score (nSPS) is 9.81. The average molecular weight is 367 g/mol. The van der Waals surface area contributed by atoms with E-state index in [2.05, 4.69) is 38.1 Å². The first-order chi connectivity index (χ1) is 10.1. The highest BCUT2D eigenvalue weighted by atomic mass is 79.9. The molecule has 0 saturated carbocycles. The van der Waals surface area contributed by atoms with Gasteiger partial charge in [-0.2, -0.15) is 0 Å². The fourth-order valence-corrected chi connectivity index (χ4v) is 2.35. The van der Waals surface area contributed by atoms with E-state index in [-0.39, 0.29) is 18.3 Å². The van der Waals surface area contributed by atoms with Crippen LogP contribution in [-0.4, -0.2) is 27.7 Å². The maximum absolute atomic E-state index is 12.0. The van der Waals surface area contributed by atoms with Crippen LogP contribution in [0.15, 0.2) is 28.9 Å². The Kier molecular flexibility index (Phi) is 5.33. The molecule has 0 unspecified atom stereocenters. The van der Waals surface area contributed by atoms with Crippen LogP contribution in [0.5, 0.6) is 5.75 Å². The number of amides is 1. The standard InChI is InChI=1S/C14H11BrN2O3S/c15-11-5-4-9(7-12(11)19)13(20)17-14-16-8-10(21-14)3-1-2-6-18/h4-5,7-8,18-19H,2,6H2,(H,16,17,20). The molecular formula is C14H11BrN2O3S. The molecule has 2 rings (SSSR count). The number of nitrogens with zero attached hydrogens (tertiary/aromatic N) is 1. The molecule has 0 atom stereocenters. The van der Waals surface area contributed by atoms with Gasteiger partial charge < -0.3 is 10.2 Å². The number of hydrogen-bond acceptors (Lipinski definition) is 5. The van der Waals surface area contributed by atoms with Gasteiger partial charge in [0.1, 0.15) is 5.75 Å². The van der Waals surface area contributed by atoms with Gasteiger partial charge in [-0.05, 0) is 34.1 Å². The van der Waals surface area contributed by atoms with Crippen molar-refractivity contribution in [3.05, 3.63) is 39.3 Å². The number of rotatable bonds is 3. The monoisotopic (exact) mass is 366 g/mol. The van der Waals surface area contributed by atoms with Crippen molar-refractivity contribution in [2.24, 2.45) is 0 Å². The van der Waals surface area contributed by atoms with E-state index in [9.17, 15) is 9.90 Å². The van der Waals surface area contributed by atoms with E-state index in [1.807, 2.05) is 0 Å². The highest BCUT2D eigenvalue weighted by Gasteiger charge is 2.10. The molecule has 0 spiro atoms. The van der Waals surface area contributed by atoms with E-state index < -0.39 is 0 Å². The molecule has 0 bridgehead atoms. The van der Waals surface area contributed by atoms with Crippen molar-refractivity contribution in [2.45, 2.75) is 6.42 Å². The summed E-state index contributed by atoms with van der Waals surface area (Å²) >= 11 is 4.40. The van der Waals surface area contributed by atoms with E-state index in [1.165, 1.54) is 17.4 Å². The van der Waals surface area contributed by atoms with Crippen LogP contribution in [0, 0.1) is 11.8 Å². The number of aromatic hydroxyl groups is 1. The van der Waals surface area contributed by atoms with Crippen LogP contribution in [0.1, 0.15) is 21.7 Å². The van der Waals surface area contributed by atoms with Crippen LogP contribution in [-0.2, 0) is 0 Å². The van der Waals surface area contributed by atoms with E-state index in [0.717, 1.165) is 0 Å². The number of carbonyl (C=O) groups is 1. The number of aliphatic hydroxyl groups is 1. The number of aromatic nitrogens is 1. The lowest BCUT2D eigenvalue weighted by Gasteiger charge is -2.03. The summed E-state index contributed by atoms with van der Waals surface area (Å²) in [4.78, 5) is 16.8. The lowest BCUT2D eigenvalue weighted by atomic mass is 10.2. The van der Waals surface area contributed by atoms with Crippen molar-refractivity contribution >= 4 is 38.3 Å². The molecular weight excluding hydrogens is 356 g/mol. The second-order valence-corrected chi connectivity index (χ2v) is 5.81. The van der Waals surface area contributed by atoms with Crippen LogP contribution >= 0.6 is 27.3 Å². The maximum atomic E-state index is 12.0. The minimum Gasteiger partial charge on any atom is -0.507 e. The molecule has 0 aliphatic carbocycles. The predicted molar refractivity (Wildman–Crippen MR) is 84.5 cm³/mol. The molecule has 0 fully saturated rings. The number of anilines is 1. The number of nitrogens with one attached hydrogen (secondary N) is 1. The molecule has 0 saturated heterocycles. The van der Waals surface area contributed by atoms with E-state index in [0.29, 0.717) is 26.5 Å². The van der Waals surface area contributed by atoms with Gasteiger partial charge in [-0.15, -0.1) is 0 Å². The van der Waals surface area contributed by atoms with Gasteiger partial charge in [-0.1, -0.05) is 23.2 Å². The third-order valence-corrected chi connectivity index (χ3v) is 3.88. The second kappa shape index (κ2) is 7.22. The van der Waals surface area contributed by atoms with Gasteiger partial charge in [0.2, 0.25) is 0 Å². The molecule has 0 radical (unpaired) electrons. The van der Waals surface area contributed by atoms with E-state index >= 15 is 0 Å². The van der Waals surface area contributed by atoms with Gasteiger partial charge in [0.15, 0.2) is 5.13 Å². The van der Waals surface area contributed by atoms with Gasteiger partial charge in [0, 0.05) is 12.0 Å². The first-order valence-electron chi connectivity index (χ1n) is 5.95. The Balaban J connectivity index is 2.06. The fourth-order valence-electron chi connectivity index (χ4n) is 1.42. The Bertz CT molecular complexity index is 718. The average Bonchev–Trinajstić information content (AvgIpc) is 2.89. The van der Waals surface area contributed by atoms with Crippen LogP contribution in [0.4, 0.5) is 5.13 Å². The zero-order valence-corrected chi connectivity index (χ0v) is 13.2. The number of halogens is 1. The van der Waals surface area contributed by atoms with Crippen LogP contribution in [0.2, 0.25) is 0 Å². The predicted octanol–water partition coefficient (Wildman–Crippen LogP) is 2.60. The molecule has 7 heteroatoms. The summed E-state index contributed by atoms with van der Waals surface area (Å²) in [6.07, 6.45) is 1.96. The quantitative estimate of drug-likeness (QED) is 0.729. The lowest BCUT2D eigenvalue weighted by Crippen LogP contribution is -2.11. The molecule has 21 heavy (non-hydrogen) atoms. The molecule has 1 aromatic heterocycles. The molecule has 1 heterocycles. The maximum Gasteiger partial charge on any atom is 0.257 e. The number of aliphatic hydroxyl groups excluding tert-OH is 1. The number of phenolic OH excluding ortho intramolecular Hbond substituents is 1. The van der Waals surface area contributed by atoms with Crippen LogP contribution in [0.25, 0.3) is 0 Å². The summed E-state index contributed by atoms with van der Waals surface area (Å²) in [6, 6.07) is 4.56. The number of benzene rings is 1. The summed E-state index contributed by atoms with van der Waals surface area (Å²) in [6.45, 7) is 0.0163. The van der Waals surface area contributed by atoms with Crippen LogP contribution < -0.4 is 5.32 Å². The third kappa shape index (κ3) is 4.29. The van der Waals surface area contributed by atoms with Gasteiger partial charge in [-0.3, -0.25) is 10.1 Å².